The average Bonchev–Trinajstić information content (AvgIpc) is 2.30. The minimum atomic E-state index is -1.63. The molecule has 0 aliphatic carbocycles. The van der Waals surface area contributed by atoms with E-state index in [1.165, 1.54) is 18.2 Å². The number of amides is 1. The van der Waals surface area contributed by atoms with Gasteiger partial charge in [-0.3, -0.25) is 5.32 Å². The van der Waals surface area contributed by atoms with Crippen molar-refractivity contribution in [1.82, 2.24) is 0 Å². The Bertz CT molecular complexity index is 535. The number of rotatable bonds is 4. The highest BCUT2D eigenvalue weighted by atomic mass is 16.6. The maximum atomic E-state index is 11.7. The zero-order chi connectivity index (χ0) is 16.2. The Morgan fingerprint density at radius 2 is 1.95 bits per heavy atom. The smallest absolute Gasteiger partial charge is 0.412 e. The topological polar surface area (TPSA) is 116 Å². The van der Waals surface area contributed by atoms with E-state index in [1.54, 1.807) is 20.8 Å². The van der Waals surface area contributed by atoms with Crippen molar-refractivity contribution in [2.24, 2.45) is 0 Å². The van der Waals surface area contributed by atoms with Crippen molar-refractivity contribution in [3.8, 4) is 5.75 Å². The van der Waals surface area contributed by atoms with Gasteiger partial charge in [0.1, 0.15) is 11.4 Å². The molecule has 0 radical (unpaired) electrons. The summed E-state index contributed by atoms with van der Waals surface area (Å²) in [6.07, 6.45) is -2.60. The van der Waals surface area contributed by atoms with Crippen LogP contribution in [0.25, 0.3) is 0 Å². The Balaban J connectivity index is 2.91. The highest BCUT2D eigenvalue weighted by molar-refractivity contribution is 5.86. The molecule has 0 aliphatic rings. The minimum Gasteiger partial charge on any atom is -0.508 e. The van der Waals surface area contributed by atoms with Gasteiger partial charge in [0.05, 0.1) is 0 Å². The number of carboxylic acids is 1. The van der Waals surface area contributed by atoms with Crippen LogP contribution in [0.4, 0.5) is 10.5 Å². The molecule has 116 valence electrons. The second kappa shape index (κ2) is 6.45. The molecule has 21 heavy (non-hydrogen) atoms. The predicted octanol–water partition coefficient (Wildman–Crippen LogP) is 1.73. The zero-order valence-electron chi connectivity index (χ0n) is 12.1. The van der Waals surface area contributed by atoms with Crippen LogP contribution in [0.3, 0.4) is 0 Å². The highest BCUT2D eigenvalue weighted by Crippen LogP contribution is 2.23. The molecular formula is C14H19NO6. The van der Waals surface area contributed by atoms with Crippen LogP contribution >= 0.6 is 0 Å². The number of carbonyl (C=O) groups is 2. The number of aromatic hydroxyl groups is 1. The van der Waals surface area contributed by atoms with E-state index in [4.69, 9.17) is 9.84 Å². The lowest BCUT2D eigenvalue weighted by Crippen LogP contribution is -2.28. The van der Waals surface area contributed by atoms with E-state index >= 15 is 0 Å². The SMILES string of the molecule is CC(C)(C)OC(=O)Nc1ccc(O)cc1CC(O)C(=O)O. The molecule has 0 fully saturated rings. The van der Waals surface area contributed by atoms with Gasteiger partial charge >= 0.3 is 12.1 Å². The molecule has 1 aromatic carbocycles. The van der Waals surface area contributed by atoms with Crippen molar-refractivity contribution >= 4 is 17.7 Å². The van der Waals surface area contributed by atoms with E-state index in [0.29, 0.717) is 0 Å². The monoisotopic (exact) mass is 297 g/mol. The lowest BCUT2D eigenvalue weighted by atomic mass is 10.1. The van der Waals surface area contributed by atoms with E-state index in [9.17, 15) is 19.8 Å². The number of anilines is 1. The van der Waals surface area contributed by atoms with Crippen LogP contribution in [-0.4, -0.2) is 39.1 Å². The number of ether oxygens (including phenoxy) is 1. The first kappa shape index (κ1) is 16.8. The van der Waals surface area contributed by atoms with Crippen LogP contribution in [0.1, 0.15) is 26.3 Å². The zero-order valence-corrected chi connectivity index (χ0v) is 12.1. The van der Waals surface area contributed by atoms with Gasteiger partial charge in [0.15, 0.2) is 6.10 Å². The van der Waals surface area contributed by atoms with Crippen LogP contribution in [0, 0.1) is 0 Å². The van der Waals surface area contributed by atoms with Crippen LogP contribution in [-0.2, 0) is 16.0 Å². The first-order chi connectivity index (χ1) is 9.58. The molecule has 0 spiro atoms. The van der Waals surface area contributed by atoms with Crippen LogP contribution in [0.15, 0.2) is 18.2 Å². The summed E-state index contributed by atoms with van der Waals surface area (Å²) in [7, 11) is 0. The number of benzene rings is 1. The van der Waals surface area contributed by atoms with Gasteiger partial charge in [0.2, 0.25) is 0 Å². The Labute approximate surface area is 122 Å². The molecule has 0 saturated carbocycles. The summed E-state index contributed by atoms with van der Waals surface area (Å²) in [5.41, 5.74) is -0.125. The third kappa shape index (κ3) is 5.70. The van der Waals surface area contributed by atoms with Gasteiger partial charge in [-0.05, 0) is 44.5 Å². The summed E-state index contributed by atoms with van der Waals surface area (Å²) in [5, 5.41) is 30.0. The molecule has 0 bridgehead atoms. The van der Waals surface area contributed by atoms with Gasteiger partial charge in [0.25, 0.3) is 0 Å². The molecule has 1 amide bonds. The minimum absolute atomic E-state index is 0.0997. The van der Waals surface area contributed by atoms with Gasteiger partial charge in [-0.2, -0.15) is 0 Å². The summed E-state index contributed by atoms with van der Waals surface area (Å²) in [4.78, 5) is 22.4. The number of aliphatic hydroxyl groups is 1. The number of hydrogen-bond acceptors (Lipinski definition) is 5. The van der Waals surface area contributed by atoms with Crippen molar-refractivity contribution in [3.63, 3.8) is 0 Å². The van der Waals surface area contributed by atoms with E-state index < -0.39 is 23.8 Å². The van der Waals surface area contributed by atoms with Crippen molar-refractivity contribution in [2.75, 3.05) is 5.32 Å². The fourth-order valence-corrected chi connectivity index (χ4v) is 1.58. The number of phenols is 1. The largest absolute Gasteiger partial charge is 0.508 e. The summed E-state index contributed by atoms with van der Waals surface area (Å²) >= 11 is 0. The third-order valence-electron chi connectivity index (χ3n) is 2.42. The van der Waals surface area contributed by atoms with E-state index in [1.807, 2.05) is 0 Å². The fourth-order valence-electron chi connectivity index (χ4n) is 1.58. The van der Waals surface area contributed by atoms with E-state index in [0.717, 1.165) is 0 Å². The molecule has 1 atom stereocenters. The second-order valence-corrected chi connectivity index (χ2v) is 5.53. The van der Waals surface area contributed by atoms with Gasteiger partial charge in [0, 0.05) is 12.1 Å². The molecule has 0 aliphatic heterocycles. The Morgan fingerprint density at radius 3 is 2.48 bits per heavy atom. The average molecular weight is 297 g/mol. The first-order valence-electron chi connectivity index (χ1n) is 6.31. The Morgan fingerprint density at radius 1 is 1.33 bits per heavy atom. The second-order valence-electron chi connectivity index (χ2n) is 5.53. The summed E-state index contributed by atoms with van der Waals surface area (Å²) in [5.74, 6) is -1.49. The molecule has 7 heteroatoms. The number of aliphatic hydroxyl groups excluding tert-OH is 1. The molecular weight excluding hydrogens is 278 g/mol. The number of carbonyl (C=O) groups excluding carboxylic acids is 1. The van der Waals surface area contributed by atoms with Crippen LogP contribution in [0.2, 0.25) is 0 Å². The maximum absolute atomic E-state index is 11.7. The molecule has 0 saturated heterocycles. The fraction of sp³-hybridized carbons (Fsp3) is 0.429. The van der Waals surface area contributed by atoms with Gasteiger partial charge < -0.3 is 20.1 Å². The lowest BCUT2D eigenvalue weighted by molar-refractivity contribution is -0.146. The summed E-state index contributed by atoms with van der Waals surface area (Å²) in [6, 6.07) is 4.02. The molecule has 1 rings (SSSR count). The normalized spacial score (nSPS) is 12.6. The van der Waals surface area contributed by atoms with Crippen molar-refractivity contribution < 1.29 is 29.6 Å². The van der Waals surface area contributed by atoms with Crippen molar-refractivity contribution in [1.29, 1.82) is 0 Å². The molecule has 1 aromatic rings. The number of nitrogens with one attached hydrogen (secondary N) is 1. The van der Waals surface area contributed by atoms with Crippen LogP contribution in [0.5, 0.6) is 5.75 Å². The number of hydrogen-bond donors (Lipinski definition) is 4. The van der Waals surface area contributed by atoms with Gasteiger partial charge in [-0.1, -0.05) is 0 Å². The maximum Gasteiger partial charge on any atom is 0.412 e. The number of carboxylic acid groups (broad SMARTS) is 1. The summed E-state index contributed by atoms with van der Waals surface area (Å²) in [6.45, 7) is 5.12. The quantitative estimate of drug-likeness (QED) is 0.629. The Hall–Kier alpha value is -2.28. The van der Waals surface area contributed by atoms with Crippen molar-refractivity contribution in [2.45, 2.75) is 38.9 Å². The van der Waals surface area contributed by atoms with Crippen molar-refractivity contribution in [3.05, 3.63) is 23.8 Å². The van der Waals surface area contributed by atoms with E-state index in [2.05, 4.69) is 5.32 Å². The van der Waals surface area contributed by atoms with Gasteiger partial charge in [-0.15, -0.1) is 0 Å². The lowest BCUT2D eigenvalue weighted by Gasteiger charge is -2.20. The highest BCUT2D eigenvalue weighted by Gasteiger charge is 2.20. The Kier molecular flexibility index (Phi) is 5.15. The summed E-state index contributed by atoms with van der Waals surface area (Å²) < 4.78 is 5.09. The molecule has 4 N–H and O–H groups in total. The molecule has 0 aromatic heterocycles. The number of aliphatic carboxylic acids is 1. The molecule has 1 unspecified atom stereocenters. The van der Waals surface area contributed by atoms with E-state index in [-0.39, 0.29) is 23.4 Å². The molecule has 0 heterocycles. The first-order valence-corrected chi connectivity index (χ1v) is 6.31. The third-order valence-corrected chi connectivity index (χ3v) is 2.42. The molecule has 7 nitrogen and oxygen atoms in total. The standard InChI is InChI=1S/C14H19NO6/c1-14(2,3)21-13(20)15-10-5-4-9(16)6-8(10)7-11(17)12(18)19/h4-6,11,16-17H,7H2,1-3H3,(H,15,20)(H,18,19). The predicted molar refractivity (Wildman–Crippen MR) is 75.3 cm³/mol. The van der Waals surface area contributed by atoms with Crippen LogP contribution < -0.4 is 5.32 Å². The van der Waals surface area contributed by atoms with Gasteiger partial charge in [-0.25, -0.2) is 9.59 Å². The number of phenolic OH excluding ortho intramolecular Hbond substituents is 1.